The lowest BCUT2D eigenvalue weighted by atomic mass is 10.1. The molecule has 1 aromatic heterocycles. The SMILES string of the molecule is CCO.O=c1[c-]c(-c2ccccc2)oc2ccccc12. The molecular weight excluding hydrogens is 252 g/mol. The molecule has 102 valence electrons. The number of aliphatic hydroxyl groups excluding tert-OH is 1. The standard InChI is InChI=1S/C15H9O2.C2H6O/c16-13-10-15(11-6-2-1-3-7-11)17-14-9-5-4-8-12(13)14;1-2-3/h1-9H;3H,2H2,1H3/q-1;. The average molecular weight is 267 g/mol. The summed E-state index contributed by atoms with van der Waals surface area (Å²) in [5.74, 6) is 0.481. The van der Waals surface area contributed by atoms with Gasteiger partial charge in [-0.1, -0.05) is 42.0 Å². The summed E-state index contributed by atoms with van der Waals surface area (Å²) < 4.78 is 5.67. The number of hydrogen-bond donors (Lipinski definition) is 1. The minimum atomic E-state index is -0.134. The highest BCUT2D eigenvalue weighted by atomic mass is 16.3. The molecule has 0 aliphatic heterocycles. The van der Waals surface area contributed by atoms with E-state index in [0.29, 0.717) is 16.7 Å². The summed E-state index contributed by atoms with van der Waals surface area (Å²) in [7, 11) is 0. The Labute approximate surface area is 117 Å². The van der Waals surface area contributed by atoms with Gasteiger partial charge in [0.2, 0.25) is 0 Å². The van der Waals surface area contributed by atoms with E-state index in [1.54, 1.807) is 19.1 Å². The highest BCUT2D eigenvalue weighted by molar-refractivity contribution is 5.78. The molecule has 3 heteroatoms. The lowest BCUT2D eigenvalue weighted by molar-refractivity contribution is 0.318. The minimum Gasteiger partial charge on any atom is -0.495 e. The Hall–Kier alpha value is -2.39. The predicted molar refractivity (Wildman–Crippen MR) is 79.5 cm³/mol. The third-order valence-corrected chi connectivity index (χ3v) is 2.61. The fraction of sp³-hybridized carbons (Fsp3) is 0.118. The Morgan fingerprint density at radius 3 is 2.35 bits per heavy atom. The van der Waals surface area contributed by atoms with E-state index in [9.17, 15) is 4.79 Å². The van der Waals surface area contributed by atoms with Gasteiger partial charge in [-0.2, -0.15) is 0 Å². The Morgan fingerprint density at radius 1 is 1.05 bits per heavy atom. The molecule has 0 unspecified atom stereocenters. The Morgan fingerprint density at radius 2 is 1.65 bits per heavy atom. The topological polar surface area (TPSA) is 50.4 Å². The zero-order valence-electron chi connectivity index (χ0n) is 11.2. The maximum Gasteiger partial charge on any atom is 0.0825 e. The van der Waals surface area contributed by atoms with E-state index >= 15 is 0 Å². The van der Waals surface area contributed by atoms with Crippen molar-refractivity contribution < 1.29 is 9.52 Å². The third kappa shape index (κ3) is 3.13. The van der Waals surface area contributed by atoms with E-state index in [1.165, 1.54) is 0 Å². The number of hydrogen-bond acceptors (Lipinski definition) is 3. The minimum absolute atomic E-state index is 0.134. The van der Waals surface area contributed by atoms with Crippen LogP contribution in [-0.2, 0) is 0 Å². The number of aliphatic hydroxyl groups is 1. The van der Waals surface area contributed by atoms with Crippen molar-refractivity contribution in [1.82, 2.24) is 0 Å². The molecule has 0 saturated carbocycles. The highest BCUT2D eigenvalue weighted by Crippen LogP contribution is 2.20. The molecule has 3 rings (SSSR count). The molecule has 0 atom stereocenters. The first kappa shape index (κ1) is 14.0. The number of benzene rings is 2. The van der Waals surface area contributed by atoms with Gasteiger partial charge in [-0.05, 0) is 18.4 Å². The van der Waals surface area contributed by atoms with E-state index in [2.05, 4.69) is 6.07 Å². The first-order valence-corrected chi connectivity index (χ1v) is 6.37. The smallest absolute Gasteiger partial charge is 0.0825 e. The van der Waals surface area contributed by atoms with E-state index in [1.807, 2.05) is 42.5 Å². The van der Waals surface area contributed by atoms with E-state index in [0.717, 1.165) is 5.56 Å². The number of para-hydroxylation sites is 1. The molecule has 0 bridgehead atoms. The van der Waals surface area contributed by atoms with Gasteiger partial charge in [0.05, 0.1) is 11.0 Å². The summed E-state index contributed by atoms with van der Waals surface area (Å²) in [5.41, 5.74) is 1.32. The normalized spacial score (nSPS) is 9.90. The largest absolute Gasteiger partial charge is 0.495 e. The van der Waals surface area contributed by atoms with E-state index in [-0.39, 0.29) is 12.0 Å². The quantitative estimate of drug-likeness (QED) is 0.688. The number of fused-ring (bicyclic) bond motifs is 1. The fourth-order valence-corrected chi connectivity index (χ4v) is 1.77. The second-order valence-corrected chi connectivity index (χ2v) is 4.06. The summed E-state index contributed by atoms with van der Waals surface area (Å²) in [4.78, 5) is 11.9. The van der Waals surface area contributed by atoms with Gasteiger partial charge in [0.25, 0.3) is 0 Å². The van der Waals surface area contributed by atoms with Crippen LogP contribution in [0, 0.1) is 6.07 Å². The van der Waals surface area contributed by atoms with Crippen LogP contribution >= 0.6 is 0 Å². The van der Waals surface area contributed by atoms with Crippen LogP contribution < -0.4 is 5.43 Å². The lowest BCUT2D eigenvalue weighted by Crippen LogP contribution is -2.00. The van der Waals surface area contributed by atoms with Gasteiger partial charge in [-0.25, -0.2) is 0 Å². The predicted octanol–water partition coefficient (Wildman–Crippen LogP) is 3.26. The Balaban J connectivity index is 0.000000452. The summed E-state index contributed by atoms with van der Waals surface area (Å²) >= 11 is 0. The first-order valence-electron chi connectivity index (χ1n) is 6.37. The lowest BCUT2D eigenvalue weighted by Gasteiger charge is -2.09. The molecular formula is C17H15O3-. The Kier molecular flexibility index (Phi) is 4.69. The fourth-order valence-electron chi connectivity index (χ4n) is 1.77. The molecule has 3 aromatic rings. The molecule has 20 heavy (non-hydrogen) atoms. The second kappa shape index (κ2) is 6.68. The first-order chi connectivity index (χ1) is 9.76. The number of rotatable bonds is 1. The van der Waals surface area contributed by atoms with Gasteiger partial charge in [-0.3, -0.25) is 0 Å². The van der Waals surface area contributed by atoms with Crippen LogP contribution in [0.1, 0.15) is 6.92 Å². The second-order valence-electron chi connectivity index (χ2n) is 4.06. The van der Waals surface area contributed by atoms with Crippen molar-refractivity contribution in [2.75, 3.05) is 6.61 Å². The van der Waals surface area contributed by atoms with E-state index in [4.69, 9.17) is 9.52 Å². The zero-order valence-corrected chi connectivity index (χ0v) is 11.2. The molecule has 0 amide bonds. The zero-order chi connectivity index (χ0) is 14.4. The molecule has 1 N–H and O–H groups in total. The van der Waals surface area contributed by atoms with Crippen molar-refractivity contribution in [2.45, 2.75) is 6.92 Å². The van der Waals surface area contributed by atoms with Gasteiger partial charge in [0.15, 0.2) is 0 Å². The van der Waals surface area contributed by atoms with Crippen molar-refractivity contribution in [2.24, 2.45) is 0 Å². The van der Waals surface area contributed by atoms with Crippen molar-refractivity contribution in [3.05, 3.63) is 70.9 Å². The molecule has 0 saturated heterocycles. The van der Waals surface area contributed by atoms with Crippen molar-refractivity contribution in [3.8, 4) is 11.3 Å². The molecule has 0 radical (unpaired) electrons. The van der Waals surface area contributed by atoms with Crippen LogP contribution in [0.5, 0.6) is 0 Å². The van der Waals surface area contributed by atoms with Crippen LogP contribution in [0.2, 0.25) is 0 Å². The molecule has 2 aromatic carbocycles. The summed E-state index contributed by atoms with van der Waals surface area (Å²) in [5, 5.41) is 8.13. The third-order valence-electron chi connectivity index (χ3n) is 2.61. The van der Waals surface area contributed by atoms with Crippen LogP contribution in [0.3, 0.4) is 0 Å². The maximum absolute atomic E-state index is 11.9. The summed E-state index contributed by atoms with van der Waals surface area (Å²) in [6.45, 7) is 1.93. The summed E-state index contributed by atoms with van der Waals surface area (Å²) in [6, 6.07) is 19.4. The van der Waals surface area contributed by atoms with Crippen molar-refractivity contribution in [3.63, 3.8) is 0 Å². The molecule has 0 aliphatic rings. The van der Waals surface area contributed by atoms with E-state index < -0.39 is 0 Å². The van der Waals surface area contributed by atoms with Crippen LogP contribution in [0.15, 0.2) is 63.8 Å². The summed E-state index contributed by atoms with van der Waals surface area (Å²) in [6.07, 6.45) is 0. The average Bonchev–Trinajstić information content (AvgIpc) is 2.49. The molecule has 0 spiro atoms. The van der Waals surface area contributed by atoms with Crippen LogP contribution in [0.25, 0.3) is 22.3 Å². The van der Waals surface area contributed by atoms with Crippen molar-refractivity contribution in [1.29, 1.82) is 0 Å². The van der Waals surface area contributed by atoms with Gasteiger partial charge >= 0.3 is 0 Å². The molecule has 0 aliphatic carbocycles. The van der Waals surface area contributed by atoms with Gasteiger partial charge in [-0.15, -0.1) is 18.2 Å². The van der Waals surface area contributed by atoms with Gasteiger partial charge < -0.3 is 14.3 Å². The molecule has 0 fully saturated rings. The van der Waals surface area contributed by atoms with Gasteiger partial charge in [0.1, 0.15) is 0 Å². The molecule has 3 nitrogen and oxygen atoms in total. The van der Waals surface area contributed by atoms with Crippen LogP contribution in [0.4, 0.5) is 0 Å². The highest BCUT2D eigenvalue weighted by Gasteiger charge is 1.97. The van der Waals surface area contributed by atoms with Crippen LogP contribution in [-0.4, -0.2) is 11.7 Å². The van der Waals surface area contributed by atoms with Crippen molar-refractivity contribution >= 4 is 11.0 Å². The molecule has 1 heterocycles. The van der Waals surface area contributed by atoms with Gasteiger partial charge in [0, 0.05) is 12.4 Å². The monoisotopic (exact) mass is 267 g/mol. The maximum atomic E-state index is 11.9. The Bertz CT molecular complexity index is 730.